The largest absolute Gasteiger partial charge is 0.367 e. The van der Waals surface area contributed by atoms with Crippen molar-refractivity contribution in [3.05, 3.63) is 63.7 Å². The van der Waals surface area contributed by atoms with Gasteiger partial charge in [0.1, 0.15) is 10.7 Å². The molecule has 2 aromatic carbocycles. The number of aromatic nitrogens is 1. The highest BCUT2D eigenvalue weighted by atomic mass is 32.2. The normalized spacial score (nSPS) is 15.4. The average molecular weight is 472 g/mol. The van der Waals surface area contributed by atoms with E-state index < -0.39 is 21.1 Å². The van der Waals surface area contributed by atoms with Gasteiger partial charge in [0.05, 0.1) is 21.5 Å². The first-order valence-corrected chi connectivity index (χ1v) is 12.8. The molecule has 6 nitrogen and oxygen atoms in total. The van der Waals surface area contributed by atoms with Crippen molar-refractivity contribution in [2.24, 2.45) is 0 Å². The highest BCUT2D eigenvalue weighted by Gasteiger charge is 2.26. The molecule has 8 heteroatoms. The van der Waals surface area contributed by atoms with Gasteiger partial charge in [-0.2, -0.15) is 0 Å². The maximum atomic E-state index is 15.2. The number of rotatable bonds is 5. The van der Waals surface area contributed by atoms with Crippen molar-refractivity contribution < 1.29 is 12.8 Å². The Morgan fingerprint density at radius 3 is 2.24 bits per heavy atom. The van der Waals surface area contributed by atoms with Crippen LogP contribution in [-0.4, -0.2) is 50.6 Å². The number of likely N-dealkylation sites (N-methyl/N-ethyl adjacent to an activating group) is 1. The maximum absolute atomic E-state index is 15.2. The van der Waals surface area contributed by atoms with E-state index >= 15 is 4.39 Å². The number of hydrogen-bond donors (Lipinski definition) is 0. The van der Waals surface area contributed by atoms with Crippen molar-refractivity contribution in [1.29, 1.82) is 0 Å². The number of nitrogens with zero attached hydrogens (tertiary/aromatic N) is 3. The zero-order valence-corrected chi connectivity index (χ0v) is 20.4. The summed E-state index contributed by atoms with van der Waals surface area (Å²) in [6, 6.07) is 7.70. The molecular formula is C25H30FN3O3S. The number of anilines is 1. The predicted octanol–water partition coefficient (Wildman–Crippen LogP) is 3.75. The molecule has 3 aromatic rings. The topological polar surface area (TPSA) is 62.6 Å². The Bertz CT molecular complexity index is 1370. The summed E-state index contributed by atoms with van der Waals surface area (Å²) in [6.07, 6.45) is 1.39. The van der Waals surface area contributed by atoms with Gasteiger partial charge in [0, 0.05) is 38.9 Å². The van der Waals surface area contributed by atoms with E-state index in [0.717, 1.165) is 30.8 Å². The van der Waals surface area contributed by atoms with Gasteiger partial charge in [-0.3, -0.25) is 4.79 Å². The standard InChI is InChI=1S/C25H30FN3O3S/c1-5-27-9-11-29(12-10-27)23-15-22-20(14-21(23)26)25(30)24(16-28(22)6-2)33(31,32)19-8-7-17(3)18(4)13-19/h7-8,13-16H,5-6,9-12H2,1-4H3. The first-order chi connectivity index (χ1) is 15.7. The van der Waals surface area contributed by atoms with Crippen LogP contribution in [0.1, 0.15) is 25.0 Å². The van der Waals surface area contributed by atoms with Crippen LogP contribution in [0.5, 0.6) is 0 Å². The summed E-state index contributed by atoms with van der Waals surface area (Å²) < 4.78 is 43.6. The van der Waals surface area contributed by atoms with Gasteiger partial charge in [0.2, 0.25) is 15.3 Å². The lowest BCUT2D eigenvalue weighted by atomic mass is 10.1. The fraction of sp³-hybridized carbons (Fsp3) is 0.400. The summed E-state index contributed by atoms with van der Waals surface area (Å²) in [5, 5.41) is 0.0789. The number of pyridine rings is 1. The van der Waals surface area contributed by atoms with Gasteiger partial charge < -0.3 is 14.4 Å². The minimum Gasteiger partial charge on any atom is -0.367 e. The van der Waals surface area contributed by atoms with Crippen molar-refractivity contribution in [3.63, 3.8) is 0 Å². The number of piperazine rings is 1. The van der Waals surface area contributed by atoms with Crippen LogP contribution < -0.4 is 10.3 Å². The zero-order chi connectivity index (χ0) is 23.9. The van der Waals surface area contributed by atoms with Crippen molar-refractivity contribution in [1.82, 2.24) is 9.47 Å². The molecular weight excluding hydrogens is 441 g/mol. The second-order valence-electron chi connectivity index (χ2n) is 8.60. The first kappa shape index (κ1) is 23.4. The van der Waals surface area contributed by atoms with Crippen LogP contribution in [0.2, 0.25) is 0 Å². The van der Waals surface area contributed by atoms with Crippen LogP contribution in [0.15, 0.2) is 51.1 Å². The summed E-state index contributed by atoms with van der Waals surface area (Å²) in [4.78, 5) is 17.3. The number of fused-ring (bicyclic) bond motifs is 1. The van der Waals surface area contributed by atoms with Crippen molar-refractivity contribution in [2.75, 3.05) is 37.6 Å². The molecule has 0 aliphatic carbocycles. The van der Waals surface area contributed by atoms with E-state index in [2.05, 4.69) is 11.8 Å². The number of hydrogen-bond acceptors (Lipinski definition) is 5. The van der Waals surface area contributed by atoms with E-state index in [1.165, 1.54) is 18.3 Å². The molecule has 0 atom stereocenters. The van der Waals surface area contributed by atoms with Gasteiger partial charge in [-0.15, -0.1) is 0 Å². The van der Waals surface area contributed by atoms with Crippen molar-refractivity contribution in [2.45, 2.75) is 44.0 Å². The minimum absolute atomic E-state index is 0.0654. The molecule has 0 spiro atoms. The Morgan fingerprint density at radius 1 is 0.939 bits per heavy atom. The summed E-state index contributed by atoms with van der Waals surface area (Å²) in [6.45, 7) is 12.2. The third-order valence-electron chi connectivity index (χ3n) is 6.70. The quantitative estimate of drug-likeness (QED) is 0.567. The Morgan fingerprint density at radius 2 is 1.64 bits per heavy atom. The van der Waals surface area contributed by atoms with E-state index in [-0.39, 0.29) is 15.2 Å². The molecule has 1 fully saturated rings. The van der Waals surface area contributed by atoms with Crippen LogP contribution in [0, 0.1) is 19.7 Å². The molecule has 176 valence electrons. The molecule has 1 aromatic heterocycles. The van der Waals surface area contributed by atoms with Gasteiger partial charge in [-0.1, -0.05) is 13.0 Å². The van der Waals surface area contributed by atoms with Crippen LogP contribution in [-0.2, 0) is 16.4 Å². The second kappa shape index (κ2) is 8.91. The highest BCUT2D eigenvalue weighted by Crippen LogP contribution is 2.28. The second-order valence-corrected chi connectivity index (χ2v) is 10.5. The smallest absolute Gasteiger partial charge is 0.211 e. The maximum Gasteiger partial charge on any atom is 0.211 e. The summed E-state index contributed by atoms with van der Waals surface area (Å²) in [5.41, 5.74) is 2.11. The lowest BCUT2D eigenvalue weighted by Gasteiger charge is -2.35. The number of halogens is 1. The predicted molar refractivity (Wildman–Crippen MR) is 130 cm³/mol. The van der Waals surface area contributed by atoms with Gasteiger partial charge in [-0.05, 0) is 62.7 Å². The lowest BCUT2D eigenvalue weighted by molar-refractivity contribution is 0.270. The van der Waals surface area contributed by atoms with E-state index in [1.807, 2.05) is 25.7 Å². The summed E-state index contributed by atoms with van der Waals surface area (Å²) in [5.74, 6) is -0.507. The van der Waals surface area contributed by atoms with Crippen molar-refractivity contribution in [3.8, 4) is 0 Å². The fourth-order valence-corrected chi connectivity index (χ4v) is 5.83. The van der Waals surface area contributed by atoms with Crippen LogP contribution in [0.25, 0.3) is 10.9 Å². The van der Waals surface area contributed by atoms with Crippen LogP contribution >= 0.6 is 0 Å². The number of aryl methyl sites for hydroxylation is 3. The Kier molecular flexibility index (Phi) is 6.33. The zero-order valence-electron chi connectivity index (χ0n) is 19.6. The molecule has 0 amide bonds. The van der Waals surface area contributed by atoms with E-state index in [9.17, 15) is 13.2 Å². The number of benzene rings is 2. The molecule has 0 saturated carbocycles. The first-order valence-electron chi connectivity index (χ1n) is 11.3. The summed E-state index contributed by atoms with van der Waals surface area (Å²) >= 11 is 0. The molecule has 0 N–H and O–H groups in total. The van der Waals surface area contributed by atoms with Crippen molar-refractivity contribution >= 4 is 26.4 Å². The molecule has 0 bridgehead atoms. The van der Waals surface area contributed by atoms with E-state index in [0.29, 0.717) is 30.8 Å². The molecule has 0 unspecified atom stereocenters. The minimum atomic E-state index is -4.06. The van der Waals surface area contributed by atoms with Gasteiger partial charge in [-0.25, -0.2) is 12.8 Å². The third kappa shape index (κ3) is 4.17. The molecule has 1 aliphatic rings. The SMILES string of the molecule is CCN1CCN(c2cc3c(cc2F)c(=O)c(S(=O)(=O)c2ccc(C)c(C)c2)cn3CC)CC1. The Labute approximate surface area is 194 Å². The molecule has 1 saturated heterocycles. The third-order valence-corrected chi connectivity index (χ3v) is 8.44. The molecule has 4 rings (SSSR count). The number of sulfone groups is 1. The van der Waals surface area contributed by atoms with Gasteiger partial charge >= 0.3 is 0 Å². The molecule has 0 radical (unpaired) electrons. The average Bonchev–Trinajstić information content (AvgIpc) is 2.81. The molecule has 33 heavy (non-hydrogen) atoms. The Hall–Kier alpha value is -2.71. The van der Waals surface area contributed by atoms with E-state index in [4.69, 9.17) is 0 Å². The van der Waals surface area contributed by atoms with Gasteiger partial charge in [0.15, 0.2) is 0 Å². The van der Waals surface area contributed by atoms with Crippen LogP contribution in [0.4, 0.5) is 10.1 Å². The monoisotopic (exact) mass is 471 g/mol. The van der Waals surface area contributed by atoms with E-state index in [1.54, 1.807) is 22.8 Å². The van der Waals surface area contributed by atoms with Crippen LogP contribution in [0.3, 0.4) is 0 Å². The molecule has 1 aliphatic heterocycles. The lowest BCUT2D eigenvalue weighted by Crippen LogP contribution is -2.46. The molecule has 2 heterocycles. The summed E-state index contributed by atoms with van der Waals surface area (Å²) in [7, 11) is -4.06. The Balaban J connectivity index is 1.85. The fourth-order valence-electron chi connectivity index (χ4n) is 4.38. The van der Waals surface area contributed by atoms with Gasteiger partial charge in [0.25, 0.3) is 0 Å². The highest BCUT2D eigenvalue weighted by molar-refractivity contribution is 7.91.